The van der Waals surface area contributed by atoms with E-state index >= 15 is 0 Å². The van der Waals surface area contributed by atoms with E-state index in [1.807, 2.05) is 57.2 Å². The molecule has 0 heterocycles. The number of rotatable bonds is 17. The van der Waals surface area contributed by atoms with Gasteiger partial charge < -0.3 is 24.4 Å². The third-order valence-corrected chi connectivity index (χ3v) is 10.2. The van der Waals surface area contributed by atoms with Crippen LogP contribution in [0.4, 0.5) is 5.69 Å². The van der Waals surface area contributed by atoms with Crippen LogP contribution < -0.4 is 23.8 Å². The molecule has 0 saturated carbocycles. The van der Waals surface area contributed by atoms with Crippen molar-refractivity contribution in [2.45, 2.75) is 57.1 Å². The molecule has 2 amide bonds. The lowest BCUT2D eigenvalue weighted by atomic mass is 10.0. The van der Waals surface area contributed by atoms with Crippen molar-refractivity contribution in [2.75, 3.05) is 31.7 Å². The molecular formula is C38H44ClN3O7S. The molecule has 0 radical (unpaired) electrons. The van der Waals surface area contributed by atoms with Crippen LogP contribution in [0.25, 0.3) is 0 Å². The van der Waals surface area contributed by atoms with Crippen molar-refractivity contribution in [1.29, 1.82) is 0 Å². The number of sulfonamides is 1. The van der Waals surface area contributed by atoms with Gasteiger partial charge in [0.05, 0.1) is 31.4 Å². The van der Waals surface area contributed by atoms with Gasteiger partial charge in [-0.2, -0.15) is 0 Å². The van der Waals surface area contributed by atoms with Crippen molar-refractivity contribution < 1.29 is 32.2 Å². The van der Waals surface area contributed by atoms with Gasteiger partial charge in [0, 0.05) is 30.1 Å². The lowest BCUT2D eigenvalue weighted by Gasteiger charge is -2.34. The lowest BCUT2D eigenvalue weighted by Crippen LogP contribution is -2.54. The van der Waals surface area contributed by atoms with Gasteiger partial charge in [0.2, 0.25) is 11.8 Å². The molecule has 0 aliphatic carbocycles. The average molecular weight is 722 g/mol. The molecule has 4 aromatic carbocycles. The SMILES string of the molecule is CCOc1ccc(N(CC(=O)N(Cc2cccc(Cl)c2)[C@H](Cc2ccccc2)C(=O)N[C@@H](C)CC)S(=O)(=O)c2ccc(OC)c(OC)c2)cc1. The van der Waals surface area contributed by atoms with E-state index in [2.05, 4.69) is 5.32 Å². The number of benzene rings is 4. The van der Waals surface area contributed by atoms with E-state index in [1.54, 1.807) is 42.5 Å². The Balaban J connectivity index is 1.84. The van der Waals surface area contributed by atoms with Gasteiger partial charge in [0.15, 0.2) is 11.5 Å². The first-order chi connectivity index (χ1) is 24.0. The van der Waals surface area contributed by atoms with Crippen molar-refractivity contribution in [2.24, 2.45) is 0 Å². The number of nitrogens with one attached hydrogen (secondary N) is 1. The fraction of sp³-hybridized carbons (Fsp3) is 0.316. The molecule has 2 atom stereocenters. The molecule has 0 unspecified atom stereocenters. The number of carbonyl (C=O) groups excluding carboxylic acids is 2. The summed E-state index contributed by atoms with van der Waals surface area (Å²) in [5.74, 6) is 0.146. The molecule has 0 saturated heterocycles. The van der Waals surface area contributed by atoms with E-state index in [0.717, 1.165) is 9.87 Å². The molecule has 4 rings (SSSR count). The Hall–Kier alpha value is -4.74. The average Bonchev–Trinajstić information content (AvgIpc) is 3.12. The number of nitrogens with zero attached hydrogens (tertiary/aromatic N) is 2. The fourth-order valence-electron chi connectivity index (χ4n) is 5.34. The Morgan fingerprint density at radius 3 is 2.14 bits per heavy atom. The second-order valence-corrected chi connectivity index (χ2v) is 13.9. The maximum absolute atomic E-state index is 14.7. The van der Waals surface area contributed by atoms with Gasteiger partial charge in [-0.15, -0.1) is 0 Å². The maximum Gasteiger partial charge on any atom is 0.264 e. The third-order valence-electron chi connectivity index (χ3n) is 8.17. The van der Waals surface area contributed by atoms with E-state index in [-0.39, 0.29) is 41.2 Å². The number of methoxy groups -OCH3 is 2. The van der Waals surface area contributed by atoms with Crippen LogP contribution in [0.15, 0.2) is 102 Å². The van der Waals surface area contributed by atoms with Gasteiger partial charge in [-0.25, -0.2) is 8.42 Å². The zero-order chi connectivity index (χ0) is 36.3. The zero-order valence-electron chi connectivity index (χ0n) is 29.0. The Morgan fingerprint density at radius 1 is 0.840 bits per heavy atom. The van der Waals surface area contributed by atoms with Gasteiger partial charge in [0.1, 0.15) is 18.3 Å². The minimum absolute atomic E-state index is 0.00164. The summed E-state index contributed by atoms with van der Waals surface area (Å²) in [6, 6.07) is 25.9. The Labute approximate surface area is 300 Å². The van der Waals surface area contributed by atoms with E-state index in [9.17, 15) is 18.0 Å². The quantitative estimate of drug-likeness (QED) is 0.132. The molecule has 0 aliphatic rings. The first kappa shape index (κ1) is 38.1. The van der Waals surface area contributed by atoms with E-state index in [4.69, 9.17) is 25.8 Å². The predicted octanol–water partition coefficient (Wildman–Crippen LogP) is 6.51. The largest absolute Gasteiger partial charge is 0.494 e. The molecule has 0 aromatic heterocycles. The van der Waals surface area contributed by atoms with Gasteiger partial charge >= 0.3 is 0 Å². The fourth-order valence-corrected chi connectivity index (χ4v) is 6.98. The van der Waals surface area contributed by atoms with Crippen molar-refractivity contribution in [1.82, 2.24) is 10.2 Å². The highest BCUT2D eigenvalue weighted by atomic mass is 35.5. The predicted molar refractivity (Wildman–Crippen MR) is 196 cm³/mol. The molecule has 0 aliphatic heterocycles. The number of anilines is 1. The highest BCUT2D eigenvalue weighted by Crippen LogP contribution is 2.33. The molecule has 0 spiro atoms. The summed E-state index contributed by atoms with van der Waals surface area (Å²) in [6.45, 7) is 5.50. The summed E-state index contributed by atoms with van der Waals surface area (Å²) < 4.78 is 46.3. The van der Waals surface area contributed by atoms with Gasteiger partial charge in [-0.1, -0.05) is 61.0 Å². The highest BCUT2D eigenvalue weighted by Gasteiger charge is 2.35. The van der Waals surface area contributed by atoms with E-state index in [1.165, 1.54) is 37.3 Å². The minimum atomic E-state index is -4.38. The molecule has 1 N–H and O–H groups in total. The van der Waals surface area contributed by atoms with Gasteiger partial charge in [-0.05, 0) is 79.9 Å². The first-order valence-corrected chi connectivity index (χ1v) is 18.2. The molecule has 0 fully saturated rings. The molecule has 50 heavy (non-hydrogen) atoms. The van der Waals surface area contributed by atoms with Crippen molar-refractivity contribution in [3.8, 4) is 17.2 Å². The minimum Gasteiger partial charge on any atom is -0.494 e. The number of ether oxygens (including phenoxy) is 3. The van der Waals surface area contributed by atoms with Crippen LogP contribution in [-0.4, -0.2) is 64.6 Å². The third kappa shape index (κ3) is 9.70. The van der Waals surface area contributed by atoms with Crippen molar-refractivity contribution in [3.05, 3.63) is 113 Å². The smallest absolute Gasteiger partial charge is 0.264 e. The highest BCUT2D eigenvalue weighted by molar-refractivity contribution is 7.92. The number of hydrogen-bond donors (Lipinski definition) is 1. The molecule has 266 valence electrons. The summed E-state index contributed by atoms with van der Waals surface area (Å²) in [5, 5.41) is 3.50. The number of amides is 2. The first-order valence-electron chi connectivity index (χ1n) is 16.4. The summed E-state index contributed by atoms with van der Waals surface area (Å²) in [5.41, 5.74) is 1.74. The molecule has 4 aromatic rings. The number of hydrogen-bond acceptors (Lipinski definition) is 7. The van der Waals surface area contributed by atoms with Crippen LogP contribution in [-0.2, 0) is 32.6 Å². The summed E-state index contributed by atoms with van der Waals surface area (Å²) in [4.78, 5) is 30.1. The molecule has 0 bridgehead atoms. The normalized spacial score (nSPS) is 12.4. The summed E-state index contributed by atoms with van der Waals surface area (Å²) >= 11 is 6.34. The maximum atomic E-state index is 14.7. The van der Waals surface area contributed by atoms with Crippen molar-refractivity contribution >= 4 is 39.1 Å². The van der Waals surface area contributed by atoms with Crippen LogP contribution in [0.3, 0.4) is 0 Å². The monoisotopic (exact) mass is 721 g/mol. The summed E-state index contributed by atoms with van der Waals surface area (Å²) in [7, 11) is -1.52. The second kappa shape index (κ2) is 17.8. The lowest BCUT2D eigenvalue weighted by molar-refractivity contribution is -0.140. The number of carbonyl (C=O) groups is 2. The second-order valence-electron chi connectivity index (χ2n) is 11.6. The van der Waals surface area contributed by atoms with Gasteiger partial charge in [0.25, 0.3) is 10.0 Å². The standard InChI is InChI=1S/C38H44ClN3O7S/c1-6-27(3)40-38(44)34(23-28-12-9-8-10-13-28)41(25-29-14-11-15-30(39)22-29)37(43)26-42(31-16-18-32(19-17-31)49-7-2)50(45,46)33-20-21-35(47-4)36(24-33)48-5/h8-22,24,27,34H,6-7,23,25-26H2,1-5H3,(H,40,44)/t27-,34+/m0/s1. The van der Waals surface area contributed by atoms with Crippen molar-refractivity contribution in [3.63, 3.8) is 0 Å². The van der Waals surface area contributed by atoms with Crippen LogP contribution in [0, 0.1) is 0 Å². The number of halogens is 1. The molecular weight excluding hydrogens is 678 g/mol. The Bertz CT molecular complexity index is 1840. The topological polar surface area (TPSA) is 114 Å². The van der Waals surface area contributed by atoms with E-state index < -0.39 is 28.5 Å². The Kier molecular flexibility index (Phi) is 13.5. The molecule has 10 nitrogen and oxygen atoms in total. The van der Waals surface area contributed by atoms with E-state index in [0.29, 0.717) is 35.1 Å². The summed E-state index contributed by atoms with van der Waals surface area (Å²) in [6.07, 6.45) is 0.877. The van der Waals surface area contributed by atoms with Crippen LogP contribution in [0.2, 0.25) is 5.02 Å². The Morgan fingerprint density at radius 2 is 1.52 bits per heavy atom. The molecule has 12 heteroatoms. The van der Waals surface area contributed by atoms with Gasteiger partial charge in [-0.3, -0.25) is 13.9 Å². The van der Waals surface area contributed by atoms with Crippen LogP contribution in [0.1, 0.15) is 38.3 Å². The zero-order valence-corrected chi connectivity index (χ0v) is 30.5. The van der Waals surface area contributed by atoms with Crippen LogP contribution >= 0.6 is 11.6 Å². The van der Waals surface area contributed by atoms with Crippen LogP contribution in [0.5, 0.6) is 17.2 Å².